The van der Waals surface area contributed by atoms with Crippen molar-refractivity contribution in [1.82, 2.24) is 25.2 Å². The molecule has 1 fully saturated rings. The zero-order chi connectivity index (χ0) is 29.1. The van der Waals surface area contributed by atoms with Crippen LogP contribution in [0.25, 0.3) is 22.2 Å². The summed E-state index contributed by atoms with van der Waals surface area (Å²) in [6.07, 6.45) is -0.635. The van der Waals surface area contributed by atoms with Crippen LogP contribution in [0.5, 0.6) is 0 Å². The molecule has 3 amide bonds. The lowest BCUT2D eigenvalue weighted by Gasteiger charge is -2.30. The van der Waals surface area contributed by atoms with Gasteiger partial charge in [-0.05, 0) is 34.7 Å². The van der Waals surface area contributed by atoms with Crippen molar-refractivity contribution in [3.63, 3.8) is 0 Å². The first-order valence-electron chi connectivity index (χ1n) is 13.8. The molecule has 5 rings (SSSR count). The number of para-hydroxylation sites is 1. The van der Waals surface area contributed by atoms with Crippen molar-refractivity contribution in [2.24, 2.45) is 11.7 Å². The normalized spacial score (nSPS) is 18.4. The fraction of sp³-hybridized carbons (Fsp3) is 0.323. The summed E-state index contributed by atoms with van der Waals surface area (Å²) in [5.74, 6) is -1.74. The number of aliphatic hydroxyl groups excluding tert-OH is 1. The van der Waals surface area contributed by atoms with Crippen molar-refractivity contribution in [3.8, 4) is 11.1 Å². The first-order chi connectivity index (χ1) is 19.7. The highest BCUT2D eigenvalue weighted by molar-refractivity contribution is 5.93. The van der Waals surface area contributed by atoms with E-state index in [2.05, 4.69) is 15.6 Å². The largest absolute Gasteiger partial charge is 0.391 e. The van der Waals surface area contributed by atoms with Crippen LogP contribution in [0, 0.1) is 5.92 Å². The van der Waals surface area contributed by atoms with Crippen LogP contribution < -0.4 is 11.1 Å². The van der Waals surface area contributed by atoms with Gasteiger partial charge in [-0.25, -0.2) is 4.68 Å². The van der Waals surface area contributed by atoms with E-state index in [0.29, 0.717) is 11.0 Å². The van der Waals surface area contributed by atoms with Gasteiger partial charge in [0.15, 0.2) is 0 Å². The van der Waals surface area contributed by atoms with Gasteiger partial charge in [-0.3, -0.25) is 14.4 Å². The van der Waals surface area contributed by atoms with E-state index >= 15 is 0 Å². The lowest BCUT2D eigenvalue weighted by atomic mass is 10.00. The highest BCUT2D eigenvalue weighted by atomic mass is 16.3. The Hall–Kier alpha value is -4.57. The number of likely N-dealkylation sites (tertiary alicyclic amines) is 1. The van der Waals surface area contributed by atoms with Crippen LogP contribution in [0.2, 0.25) is 0 Å². The maximum Gasteiger partial charge on any atom is 0.248 e. The minimum absolute atomic E-state index is 0.00500. The van der Waals surface area contributed by atoms with Gasteiger partial charge in [0, 0.05) is 19.4 Å². The third-order valence-corrected chi connectivity index (χ3v) is 7.55. The van der Waals surface area contributed by atoms with Crippen molar-refractivity contribution in [3.05, 3.63) is 84.4 Å². The number of aliphatic hydroxyl groups is 1. The quantitative estimate of drug-likeness (QED) is 0.290. The van der Waals surface area contributed by atoms with Gasteiger partial charge in [-0.15, -0.1) is 5.10 Å². The lowest BCUT2D eigenvalue weighted by Crippen LogP contribution is -2.54. The number of carbonyl (C=O) groups excluding carboxylic acids is 3. The summed E-state index contributed by atoms with van der Waals surface area (Å²) in [6, 6.07) is 22.3. The number of aromatic nitrogens is 3. The molecule has 10 heteroatoms. The van der Waals surface area contributed by atoms with Crippen molar-refractivity contribution in [2.45, 2.75) is 50.9 Å². The van der Waals surface area contributed by atoms with Gasteiger partial charge >= 0.3 is 0 Å². The Morgan fingerprint density at radius 1 is 0.976 bits per heavy atom. The number of hydrogen-bond donors (Lipinski definition) is 3. The van der Waals surface area contributed by atoms with Gasteiger partial charge < -0.3 is 21.1 Å². The maximum absolute atomic E-state index is 13.9. The van der Waals surface area contributed by atoms with E-state index in [9.17, 15) is 19.5 Å². The SMILES string of the molecule is CC(C)[C@@H](C(=O)N1C[C@H](O)C[C@H]1C(=O)N[C@H](Cc1ccc(-c2ccccc2)cc1)C(N)=O)n1nnc2ccccc21. The maximum atomic E-state index is 13.9. The zero-order valence-electron chi connectivity index (χ0n) is 23.1. The number of nitrogens with two attached hydrogens (primary N) is 1. The standard InChI is InChI=1S/C31H34N6O4/c1-19(2)28(37-26-11-7-6-10-24(26)34-35-37)31(41)36-18-23(38)17-27(36)30(40)33-25(29(32)39)16-20-12-14-22(15-13-20)21-8-4-3-5-9-21/h3-15,19,23,25,27-28,38H,16-18H2,1-2H3,(H2,32,39)(H,33,40)/t23-,25-,27+,28+/m1/s1. The second-order valence-corrected chi connectivity index (χ2v) is 10.8. The molecule has 4 aromatic rings. The fourth-order valence-electron chi connectivity index (χ4n) is 5.43. The molecule has 1 saturated heterocycles. The summed E-state index contributed by atoms with van der Waals surface area (Å²) < 4.78 is 1.58. The Balaban J connectivity index is 1.32. The average molecular weight is 555 g/mol. The van der Waals surface area contributed by atoms with E-state index in [1.807, 2.05) is 92.7 Å². The second kappa shape index (κ2) is 11.9. The van der Waals surface area contributed by atoms with Crippen LogP contribution in [0.4, 0.5) is 0 Å². The number of fused-ring (bicyclic) bond motifs is 1. The molecule has 1 aliphatic rings. The van der Waals surface area contributed by atoms with Crippen molar-refractivity contribution in [1.29, 1.82) is 0 Å². The Morgan fingerprint density at radius 3 is 2.32 bits per heavy atom. The number of benzene rings is 3. The van der Waals surface area contributed by atoms with Gasteiger partial charge in [0.25, 0.3) is 0 Å². The average Bonchev–Trinajstić information content (AvgIpc) is 3.57. The van der Waals surface area contributed by atoms with Gasteiger partial charge in [0.2, 0.25) is 17.7 Å². The Labute approximate surface area is 238 Å². The molecular formula is C31H34N6O4. The summed E-state index contributed by atoms with van der Waals surface area (Å²) >= 11 is 0. The molecular weight excluding hydrogens is 520 g/mol. The monoisotopic (exact) mass is 554 g/mol. The Bertz CT molecular complexity index is 1540. The number of carbonyl (C=O) groups is 3. The van der Waals surface area contributed by atoms with Gasteiger partial charge in [0.1, 0.15) is 23.6 Å². The first kappa shape index (κ1) is 28.0. The van der Waals surface area contributed by atoms with Crippen LogP contribution >= 0.6 is 0 Å². The molecule has 1 aliphatic heterocycles. The summed E-state index contributed by atoms with van der Waals surface area (Å²) in [5.41, 5.74) is 9.96. The van der Waals surface area contributed by atoms with Crippen molar-refractivity contribution >= 4 is 28.8 Å². The second-order valence-electron chi connectivity index (χ2n) is 10.8. The molecule has 0 spiro atoms. The number of nitrogens with one attached hydrogen (secondary N) is 1. The lowest BCUT2D eigenvalue weighted by molar-refractivity contribution is -0.143. The molecule has 1 aromatic heterocycles. The van der Waals surface area contributed by atoms with E-state index in [4.69, 9.17) is 5.73 Å². The molecule has 0 saturated carbocycles. The number of rotatable bonds is 9. The third-order valence-electron chi connectivity index (χ3n) is 7.55. The van der Waals surface area contributed by atoms with Crippen molar-refractivity contribution < 1.29 is 19.5 Å². The van der Waals surface area contributed by atoms with Gasteiger partial charge in [0.05, 0.1) is 11.6 Å². The molecule has 3 aromatic carbocycles. The zero-order valence-corrected chi connectivity index (χ0v) is 23.1. The van der Waals surface area contributed by atoms with E-state index in [-0.39, 0.29) is 31.2 Å². The van der Waals surface area contributed by atoms with Crippen LogP contribution in [0.15, 0.2) is 78.9 Å². The van der Waals surface area contributed by atoms with E-state index in [1.165, 1.54) is 4.90 Å². The molecule has 0 radical (unpaired) electrons. The van der Waals surface area contributed by atoms with Crippen LogP contribution in [0.3, 0.4) is 0 Å². The molecule has 212 valence electrons. The predicted octanol–water partition coefficient (Wildman–Crippen LogP) is 2.47. The van der Waals surface area contributed by atoms with Crippen LogP contribution in [-0.4, -0.2) is 67.5 Å². The Morgan fingerprint density at radius 2 is 1.63 bits per heavy atom. The first-order valence-corrected chi connectivity index (χ1v) is 13.8. The number of primary amides is 1. The molecule has 10 nitrogen and oxygen atoms in total. The van der Waals surface area contributed by atoms with E-state index in [1.54, 1.807) is 4.68 Å². The Kier molecular flexibility index (Phi) is 8.11. The fourth-order valence-corrected chi connectivity index (χ4v) is 5.43. The summed E-state index contributed by atoms with van der Waals surface area (Å²) in [7, 11) is 0. The summed E-state index contributed by atoms with van der Waals surface area (Å²) in [4.78, 5) is 41.1. The molecule has 0 aliphatic carbocycles. The highest BCUT2D eigenvalue weighted by Crippen LogP contribution is 2.29. The molecule has 41 heavy (non-hydrogen) atoms. The van der Waals surface area contributed by atoms with E-state index in [0.717, 1.165) is 16.7 Å². The van der Waals surface area contributed by atoms with Gasteiger partial charge in [-0.2, -0.15) is 0 Å². The van der Waals surface area contributed by atoms with E-state index < -0.39 is 36.0 Å². The molecule has 0 bridgehead atoms. The number of nitrogens with zero attached hydrogens (tertiary/aromatic N) is 4. The topological polar surface area (TPSA) is 143 Å². The summed E-state index contributed by atoms with van der Waals surface area (Å²) in [5, 5.41) is 21.6. The smallest absolute Gasteiger partial charge is 0.248 e. The van der Waals surface area contributed by atoms with Gasteiger partial charge in [-0.1, -0.05) is 85.8 Å². The molecule has 2 heterocycles. The minimum Gasteiger partial charge on any atom is -0.391 e. The summed E-state index contributed by atoms with van der Waals surface area (Å²) in [6.45, 7) is 3.79. The number of amides is 3. The highest BCUT2D eigenvalue weighted by Gasteiger charge is 2.43. The number of hydrogen-bond acceptors (Lipinski definition) is 6. The van der Waals surface area contributed by atoms with Crippen LogP contribution in [0.1, 0.15) is 31.9 Å². The molecule has 4 N–H and O–H groups in total. The van der Waals surface area contributed by atoms with Crippen LogP contribution in [-0.2, 0) is 20.8 Å². The number of β-amino-alcohol motifs (C(OH)–C–C–N with tert-alkyl or cyclic N) is 1. The molecule has 0 unspecified atom stereocenters. The molecule has 4 atom stereocenters. The predicted molar refractivity (Wildman–Crippen MR) is 154 cm³/mol. The third kappa shape index (κ3) is 5.97. The minimum atomic E-state index is -0.986. The van der Waals surface area contributed by atoms with Crippen molar-refractivity contribution in [2.75, 3.05) is 6.54 Å².